The van der Waals surface area contributed by atoms with Crippen molar-refractivity contribution in [2.75, 3.05) is 0 Å². The van der Waals surface area contributed by atoms with E-state index in [-0.39, 0.29) is 0 Å². The average molecular weight is 213 g/mol. The molecule has 4 nitrogen and oxygen atoms in total. The molecule has 2 aromatic heterocycles. The summed E-state index contributed by atoms with van der Waals surface area (Å²) in [5.74, 6) is 0.875. The summed E-state index contributed by atoms with van der Waals surface area (Å²) in [5, 5.41) is 0.712. The predicted molar refractivity (Wildman–Crippen MR) is 44.3 cm³/mol. The van der Waals surface area contributed by atoms with Gasteiger partial charge in [0.15, 0.2) is 5.65 Å². The molecule has 0 aliphatic rings. The van der Waals surface area contributed by atoms with Gasteiger partial charge < -0.3 is 4.98 Å². The second kappa shape index (κ2) is 2.58. The fourth-order valence-electron chi connectivity index (χ4n) is 0.874. The first-order chi connectivity index (χ1) is 5.40. The minimum atomic E-state index is 0.712. The van der Waals surface area contributed by atoms with Crippen molar-refractivity contribution >= 4 is 27.1 Å². The molecule has 56 valence electrons. The number of rotatable bonds is 1. The third kappa shape index (κ3) is 1.11. The van der Waals surface area contributed by atoms with Crippen LogP contribution >= 0.6 is 15.9 Å². The molecule has 0 aliphatic heterocycles. The van der Waals surface area contributed by atoms with Crippen molar-refractivity contribution in [1.29, 1.82) is 0 Å². The smallest absolute Gasteiger partial charge is 0.160 e. The summed E-state index contributed by atoms with van der Waals surface area (Å²) >= 11 is 3.29. The van der Waals surface area contributed by atoms with Crippen LogP contribution < -0.4 is 0 Å². The lowest BCUT2D eigenvalue weighted by atomic mass is 10.6. The summed E-state index contributed by atoms with van der Waals surface area (Å²) in [7, 11) is 0. The van der Waals surface area contributed by atoms with Crippen molar-refractivity contribution in [2.24, 2.45) is 0 Å². The van der Waals surface area contributed by atoms with Crippen molar-refractivity contribution in [3.63, 3.8) is 0 Å². The van der Waals surface area contributed by atoms with Crippen LogP contribution in [0.2, 0.25) is 0 Å². The zero-order valence-corrected chi connectivity index (χ0v) is 7.17. The van der Waals surface area contributed by atoms with E-state index in [4.69, 9.17) is 0 Å². The highest BCUT2D eigenvalue weighted by Gasteiger charge is 1.99. The van der Waals surface area contributed by atoms with E-state index in [1.807, 2.05) is 0 Å². The van der Waals surface area contributed by atoms with Gasteiger partial charge in [0, 0.05) is 0 Å². The number of aromatic amines is 1. The zero-order chi connectivity index (χ0) is 7.68. The van der Waals surface area contributed by atoms with E-state index in [0.717, 1.165) is 17.0 Å². The monoisotopic (exact) mass is 212 g/mol. The van der Waals surface area contributed by atoms with Crippen molar-refractivity contribution in [3.8, 4) is 0 Å². The van der Waals surface area contributed by atoms with Gasteiger partial charge in [-0.25, -0.2) is 15.0 Å². The van der Waals surface area contributed by atoms with Crippen LogP contribution in [-0.2, 0) is 5.33 Å². The number of hydrogen-bond acceptors (Lipinski definition) is 3. The minimum Gasteiger partial charge on any atom is -0.326 e. The van der Waals surface area contributed by atoms with Gasteiger partial charge in [-0.05, 0) is 0 Å². The molecular weight excluding hydrogens is 208 g/mol. The lowest BCUT2D eigenvalue weighted by Crippen LogP contribution is -1.77. The number of hydrogen-bond donors (Lipinski definition) is 1. The molecule has 0 atom stereocenters. The Bertz CT molecular complexity index is 336. The number of halogens is 1. The van der Waals surface area contributed by atoms with Crippen molar-refractivity contribution in [1.82, 2.24) is 19.9 Å². The molecule has 1 N–H and O–H groups in total. The van der Waals surface area contributed by atoms with E-state index < -0.39 is 0 Å². The van der Waals surface area contributed by atoms with Crippen molar-refractivity contribution in [3.05, 3.63) is 18.3 Å². The Morgan fingerprint density at radius 2 is 2.45 bits per heavy atom. The molecule has 0 aliphatic carbocycles. The summed E-state index contributed by atoms with van der Waals surface area (Å²) in [6.45, 7) is 0. The van der Waals surface area contributed by atoms with Crippen LogP contribution in [0.15, 0.2) is 12.5 Å². The Hall–Kier alpha value is -0.970. The first-order valence-electron chi connectivity index (χ1n) is 3.10. The van der Waals surface area contributed by atoms with Crippen LogP contribution in [0.3, 0.4) is 0 Å². The van der Waals surface area contributed by atoms with Crippen LogP contribution in [0.1, 0.15) is 5.82 Å². The van der Waals surface area contributed by atoms with Gasteiger partial charge in [0.1, 0.15) is 17.7 Å². The van der Waals surface area contributed by atoms with E-state index in [2.05, 4.69) is 35.9 Å². The van der Waals surface area contributed by atoms with E-state index in [1.54, 1.807) is 6.20 Å². The number of aromatic nitrogens is 4. The Morgan fingerprint density at radius 1 is 1.55 bits per heavy atom. The van der Waals surface area contributed by atoms with Gasteiger partial charge in [-0.15, -0.1) is 0 Å². The molecule has 0 saturated carbocycles. The third-order valence-corrected chi connectivity index (χ3v) is 1.87. The number of nitrogens with zero attached hydrogens (tertiary/aromatic N) is 3. The first kappa shape index (κ1) is 6.72. The van der Waals surface area contributed by atoms with Crippen molar-refractivity contribution in [2.45, 2.75) is 5.33 Å². The van der Waals surface area contributed by atoms with Crippen LogP contribution in [0, 0.1) is 0 Å². The largest absolute Gasteiger partial charge is 0.326 e. The SMILES string of the molecule is BrCc1nc2cncnc2[nH]1. The van der Waals surface area contributed by atoms with Crippen LogP contribution in [0.4, 0.5) is 0 Å². The Kier molecular flexibility index (Phi) is 1.58. The van der Waals surface area contributed by atoms with Crippen molar-refractivity contribution < 1.29 is 0 Å². The quantitative estimate of drug-likeness (QED) is 0.725. The molecule has 0 radical (unpaired) electrons. The van der Waals surface area contributed by atoms with E-state index in [1.165, 1.54) is 6.33 Å². The lowest BCUT2D eigenvalue weighted by Gasteiger charge is -1.80. The highest BCUT2D eigenvalue weighted by Crippen LogP contribution is 2.07. The molecule has 2 aromatic rings. The summed E-state index contributed by atoms with van der Waals surface area (Å²) in [4.78, 5) is 15.1. The number of fused-ring (bicyclic) bond motifs is 1. The number of alkyl halides is 1. The molecule has 0 aromatic carbocycles. The summed E-state index contributed by atoms with van der Waals surface area (Å²) in [5.41, 5.74) is 1.59. The van der Waals surface area contributed by atoms with E-state index >= 15 is 0 Å². The maximum atomic E-state index is 4.20. The topological polar surface area (TPSA) is 54.5 Å². The van der Waals surface area contributed by atoms with Crippen LogP contribution in [0.25, 0.3) is 11.2 Å². The molecule has 0 spiro atoms. The number of imidazole rings is 1. The van der Waals surface area contributed by atoms with Gasteiger partial charge >= 0.3 is 0 Å². The molecule has 0 fully saturated rings. The molecule has 0 amide bonds. The van der Waals surface area contributed by atoms with Gasteiger partial charge in [-0.1, -0.05) is 15.9 Å². The first-order valence-corrected chi connectivity index (χ1v) is 4.23. The maximum absolute atomic E-state index is 4.20. The fourth-order valence-corrected chi connectivity index (χ4v) is 1.14. The lowest BCUT2D eigenvalue weighted by molar-refractivity contribution is 1.14. The summed E-state index contributed by atoms with van der Waals surface area (Å²) in [6.07, 6.45) is 3.18. The predicted octanol–water partition coefficient (Wildman–Crippen LogP) is 1.25. The van der Waals surface area contributed by atoms with Gasteiger partial charge in [-0.3, -0.25) is 0 Å². The number of H-pyrrole nitrogens is 1. The number of nitrogens with one attached hydrogen (secondary N) is 1. The molecule has 0 bridgehead atoms. The Morgan fingerprint density at radius 3 is 3.18 bits per heavy atom. The Balaban J connectivity index is 2.69. The zero-order valence-electron chi connectivity index (χ0n) is 5.58. The van der Waals surface area contributed by atoms with Gasteiger partial charge in [0.05, 0.1) is 11.5 Å². The van der Waals surface area contributed by atoms with Crippen LogP contribution in [0.5, 0.6) is 0 Å². The summed E-state index contributed by atoms with van der Waals surface area (Å²) in [6, 6.07) is 0. The van der Waals surface area contributed by atoms with Gasteiger partial charge in [0.2, 0.25) is 0 Å². The highest BCUT2D eigenvalue weighted by atomic mass is 79.9. The summed E-state index contributed by atoms with van der Waals surface area (Å²) < 4.78 is 0. The molecule has 2 rings (SSSR count). The fraction of sp³-hybridized carbons (Fsp3) is 0.167. The molecule has 5 heteroatoms. The molecule has 0 unspecified atom stereocenters. The minimum absolute atomic E-state index is 0.712. The molecular formula is C6H5BrN4. The highest BCUT2D eigenvalue weighted by molar-refractivity contribution is 9.08. The Labute approximate surface area is 71.2 Å². The van der Waals surface area contributed by atoms with E-state index in [9.17, 15) is 0 Å². The van der Waals surface area contributed by atoms with Gasteiger partial charge in [-0.2, -0.15) is 0 Å². The molecule has 0 saturated heterocycles. The van der Waals surface area contributed by atoms with Crippen LogP contribution in [-0.4, -0.2) is 19.9 Å². The molecule has 11 heavy (non-hydrogen) atoms. The standard InChI is InChI=1S/C6H5BrN4/c7-1-5-10-4-2-8-3-9-6(4)11-5/h2-3H,1H2,(H,8,9,10,11). The average Bonchev–Trinajstić information content (AvgIpc) is 2.46. The maximum Gasteiger partial charge on any atom is 0.160 e. The van der Waals surface area contributed by atoms with E-state index in [0.29, 0.717) is 5.33 Å². The second-order valence-electron chi connectivity index (χ2n) is 2.07. The van der Waals surface area contributed by atoms with Gasteiger partial charge in [0.25, 0.3) is 0 Å². The normalized spacial score (nSPS) is 10.6. The third-order valence-electron chi connectivity index (χ3n) is 1.34. The molecule has 2 heterocycles. The second-order valence-corrected chi connectivity index (χ2v) is 2.63.